The van der Waals surface area contributed by atoms with Gasteiger partial charge in [0.1, 0.15) is 5.75 Å². The molecule has 1 aliphatic carbocycles. The molecule has 0 aliphatic heterocycles. The summed E-state index contributed by atoms with van der Waals surface area (Å²) in [6.45, 7) is 6.05. The van der Waals surface area contributed by atoms with E-state index < -0.39 is 0 Å². The third kappa shape index (κ3) is 3.19. The Kier molecular flexibility index (Phi) is 4.44. The molecular weight excluding hydrogens is 250 g/mol. The van der Waals surface area contributed by atoms with Crippen LogP contribution >= 0.6 is 0 Å². The SMILES string of the molecule is CC(=O)c1ccc(C#N)cc1OC1CCC(C)C(C)C1. The number of benzene rings is 1. The van der Waals surface area contributed by atoms with Crippen LogP contribution in [-0.2, 0) is 0 Å². The van der Waals surface area contributed by atoms with Crippen LogP contribution in [0.15, 0.2) is 18.2 Å². The first kappa shape index (κ1) is 14.6. The van der Waals surface area contributed by atoms with E-state index in [1.54, 1.807) is 18.2 Å². The molecule has 1 aromatic carbocycles. The lowest BCUT2D eigenvalue weighted by Crippen LogP contribution is -2.29. The molecule has 2 rings (SSSR count). The Balaban J connectivity index is 2.20. The summed E-state index contributed by atoms with van der Waals surface area (Å²) in [6, 6.07) is 7.12. The number of hydrogen-bond donors (Lipinski definition) is 0. The Bertz CT molecular complexity index is 544. The van der Waals surface area contributed by atoms with Crippen molar-refractivity contribution in [3.63, 3.8) is 0 Å². The quantitative estimate of drug-likeness (QED) is 0.782. The highest BCUT2D eigenvalue weighted by Crippen LogP contribution is 2.33. The van der Waals surface area contributed by atoms with Crippen molar-refractivity contribution >= 4 is 5.78 Å². The Morgan fingerprint density at radius 2 is 2.05 bits per heavy atom. The van der Waals surface area contributed by atoms with Crippen LogP contribution in [-0.4, -0.2) is 11.9 Å². The van der Waals surface area contributed by atoms with Crippen LogP contribution in [0.3, 0.4) is 0 Å². The molecule has 0 heterocycles. The van der Waals surface area contributed by atoms with Crippen molar-refractivity contribution in [2.45, 2.75) is 46.1 Å². The molecule has 0 N–H and O–H groups in total. The van der Waals surface area contributed by atoms with E-state index in [1.165, 1.54) is 6.92 Å². The second-order valence-corrected chi connectivity index (χ2v) is 5.89. The summed E-state index contributed by atoms with van der Waals surface area (Å²) in [4.78, 5) is 11.7. The summed E-state index contributed by atoms with van der Waals surface area (Å²) in [5, 5.41) is 8.98. The fourth-order valence-electron chi connectivity index (χ4n) is 2.76. The summed E-state index contributed by atoms with van der Waals surface area (Å²) in [6.07, 6.45) is 3.32. The number of hydrogen-bond acceptors (Lipinski definition) is 3. The Morgan fingerprint density at radius 1 is 1.30 bits per heavy atom. The van der Waals surface area contributed by atoms with E-state index in [-0.39, 0.29) is 11.9 Å². The fraction of sp³-hybridized carbons (Fsp3) is 0.529. The smallest absolute Gasteiger partial charge is 0.163 e. The van der Waals surface area contributed by atoms with E-state index >= 15 is 0 Å². The molecule has 0 spiro atoms. The largest absolute Gasteiger partial charge is 0.490 e. The molecule has 1 saturated carbocycles. The number of ether oxygens (including phenoxy) is 1. The summed E-state index contributed by atoms with van der Waals surface area (Å²) in [7, 11) is 0. The van der Waals surface area contributed by atoms with Crippen LogP contribution in [0.2, 0.25) is 0 Å². The molecule has 0 bridgehead atoms. The minimum atomic E-state index is -0.0262. The van der Waals surface area contributed by atoms with Crippen LogP contribution in [0.25, 0.3) is 0 Å². The molecule has 1 aliphatic rings. The number of Topliss-reactive ketones (excluding diaryl/α,β-unsaturated/α-hetero) is 1. The molecular formula is C17H21NO2. The van der Waals surface area contributed by atoms with Crippen molar-refractivity contribution in [1.82, 2.24) is 0 Å². The minimum Gasteiger partial charge on any atom is -0.490 e. The number of carbonyl (C=O) groups excluding carboxylic acids is 1. The molecule has 0 aromatic heterocycles. The number of ketones is 1. The third-order valence-electron chi connectivity index (χ3n) is 4.33. The number of rotatable bonds is 3. The third-order valence-corrected chi connectivity index (χ3v) is 4.33. The van der Waals surface area contributed by atoms with Crippen molar-refractivity contribution in [2.75, 3.05) is 0 Å². The molecule has 3 unspecified atom stereocenters. The highest BCUT2D eigenvalue weighted by molar-refractivity contribution is 5.97. The maximum atomic E-state index is 11.7. The zero-order valence-corrected chi connectivity index (χ0v) is 12.3. The second kappa shape index (κ2) is 6.09. The van der Waals surface area contributed by atoms with Crippen molar-refractivity contribution in [3.8, 4) is 11.8 Å². The molecule has 20 heavy (non-hydrogen) atoms. The van der Waals surface area contributed by atoms with E-state index in [0.717, 1.165) is 25.2 Å². The van der Waals surface area contributed by atoms with Gasteiger partial charge < -0.3 is 4.74 Å². The zero-order valence-electron chi connectivity index (χ0n) is 12.3. The normalized spacial score (nSPS) is 25.8. The van der Waals surface area contributed by atoms with Crippen LogP contribution < -0.4 is 4.74 Å². The first-order valence-electron chi connectivity index (χ1n) is 7.23. The van der Waals surface area contributed by atoms with Gasteiger partial charge >= 0.3 is 0 Å². The monoisotopic (exact) mass is 271 g/mol. The van der Waals surface area contributed by atoms with E-state index in [1.807, 2.05) is 0 Å². The zero-order chi connectivity index (χ0) is 14.7. The maximum Gasteiger partial charge on any atom is 0.163 e. The van der Waals surface area contributed by atoms with Gasteiger partial charge in [-0.3, -0.25) is 4.79 Å². The van der Waals surface area contributed by atoms with E-state index in [2.05, 4.69) is 19.9 Å². The van der Waals surface area contributed by atoms with Crippen LogP contribution in [0, 0.1) is 23.2 Å². The van der Waals surface area contributed by atoms with Crippen LogP contribution in [0.1, 0.15) is 56.0 Å². The molecule has 3 heteroatoms. The van der Waals surface area contributed by atoms with E-state index in [4.69, 9.17) is 10.00 Å². The highest BCUT2D eigenvalue weighted by atomic mass is 16.5. The van der Waals surface area contributed by atoms with Crippen LogP contribution in [0.5, 0.6) is 5.75 Å². The summed E-state index contributed by atoms with van der Waals surface area (Å²) >= 11 is 0. The molecule has 3 atom stereocenters. The molecule has 0 radical (unpaired) electrons. The Morgan fingerprint density at radius 3 is 2.65 bits per heavy atom. The first-order chi connectivity index (χ1) is 9.51. The average Bonchev–Trinajstić information content (AvgIpc) is 2.42. The standard InChI is InChI=1S/C17H21NO2/c1-11-4-6-15(8-12(11)2)20-17-9-14(10-18)5-7-16(17)13(3)19/h5,7,9,11-12,15H,4,6,8H2,1-3H3. The van der Waals surface area contributed by atoms with Crippen molar-refractivity contribution in [3.05, 3.63) is 29.3 Å². The second-order valence-electron chi connectivity index (χ2n) is 5.89. The van der Waals surface area contributed by atoms with Gasteiger partial charge in [0.25, 0.3) is 0 Å². The molecule has 0 saturated heterocycles. The van der Waals surface area contributed by atoms with E-state index in [0.29, 0.717) is 22.8 Å². The van der Waals surface area contributed by atoms with Gasteiger partial charge in [0.15, 0.2) is 5.78 Å². The molecule has 0 amide bonds. The van der Waals surface area contributed by atoms with Gasteiger partial charge in [-0.05, 0) is 56.2 Å². The Labute approximate surface area is 120 Å². The highest BCUT2D eigenvalue weighted by Gasteiger charge is 2.26. The molecule has 1 fully saturated rings. The van der Waals surface area contributed by atoms with Gasteiger partial charge in [0.2, 0.25) is 0 Å². The number of nitrogens with zero attached hydrogens (tertiary/aromatic N) is 1. The molecule has 106 valence electrons. The molecule has 1 aromatic rings. The van der Waals surface area contributed by atoms with Crippen molar-refractivity contribution < 1.29 is 9.53 Å². The molecule has 3 nitrogen and oxygen atoms in total. The average molecular weight is 271 g/mol. The summed E-state index contributed by atoms with van der Waals surface area (Å²) in [5.74, 6) is 1.89. The lowest BCUT2D eigenvalue weighted by molar-refractivity contribution is 0.0939. The lowest BCUT2D eigenvalue weighted by Gasteiger charge is -2.32. The summed E-state index contributed by atoms with van der Waals surface area (Å²) in [5.41, 5.74) is 1.09. The van der Waals surface area contributed by atoms with Gasteiger partial charge in [-0.2, -0.15) is 5.26 Å². The Hall–Kier alpha value is -1.82. The number of nitriles is 1. The first-order valence-corrected chi connectivity index (χ1v) is 7.23. The summed E-state index contributed by atoms with van der Waals surface area (Å²) < 4.78 is 6.04. The van der Waals surface area contributed by atoms with Gasteiger partial charge in [-0.1, -0.05) is 13.8 Å². The van der Waals surface area contributed by atoms with Gasteiger partial charge in [-0.15, -0.1) is 0 Å². The van der Waals surface area contributed by atoms with Gasteiger partial charge in [0, 0.05) is 0 Å². The van der Waals surface area contributed by atoms with Crippen LogP contribution in [0.4, 0.5) is 0 Å². The minimum absolute atomic E-state index is 0.0262. The van der Waals surface area contributed by atoms with Gasteiger partial charge in [0.05, 0.1) is 23.3 Å². The van der Waals surface area contributed by atoms with E-state index in [9.17, 15) is 4.79 Å². The lowest BCUT2D eigenvalue weighted by atomic mass is 9.80. The predicted octanol–water partition coefficient (Wildman–Crippen LogP) is 3.96. The predicted molar refractivity (Wildman–Crippen MR) is 77.8 cm³/mol. The van der Waals surface area contributed by atoms with Gasteiger partial charge in [-0.25, -0.2) is 0 Å². The maximum absolute atomic E-state index is 11.7. The fourth-order valence-corrected chi connectivity index (χ4v) is 2.76. The number of carbonyl (C=O) groups is 1. The van der Waals surface area contributed by atoms with Crippen molar-refractivity contribution in [2.24, 2.45) is 11.8 Å². The topological polar surface area (TPSA) is 50.1 Å². The van der Waals surface area contributed by atoms with Crippen molar-refractivity contribution in [1.29, 1.82) is 5.26 Å².